The molecular formula is C17H33N3. The maximum Gasteiger partial charge on any atom is 0.0128 e. The van der Waals surface area contributed by atoms with Crippen molar-refractivity contribution in [2.75, 3.05) is 20.1 Å². The lowest BCUT2D eigenvalue weighted by molar-refractivity contribution is 0.0394. The summed E-state index contributed by atoms with van der Waals surface area (Å²) in [5.74, 6) is 0. The second-order valence-electron chi connectivity index (χ2n) is 7.51. The first kappa shape index (κ1) is 14.8. The van der Waals surface area contributed by atoms with Crippen LogP contribution in [0.2, 0.25) is 0 Å². The van der Waals surface area contributed by atoms with Crippen molar-refractivity contribution in [1.29, 1.82) is 0 Å². The van der Waals surface area contributed by atoms with Crippen LogP contribution in [0.1, 0.15) is 58.8 Å². The monoisotopic (exact) mass is 279 g/mol. The number of fused-ring (bicyclic) bond motifs is 2. The van der Waals surface area contributed by atoms with E-state index in [9.17, 15) is 0 Å². The average Bonchev–Trinajstić information content (AvgIpc) is 2.78. The van der Waals surface area contributed by atoms with Crippen LogP contribution in [0.25, 0.3) is 0 Å². The highest BCUT2D eigenvalue weighted by Gasteiger charge is 2.38. The van der Waals surface area contributed by atoms with Crippen LogP contribution in [0.4, 0.5) is 0 Å². The van der Waals surface area contributed by atoms with Gasteiger partial charge >= 0.3 is 0 Å². The Kier molecular flexibility index (Phi) is 4.68. The van der Waals surface area contributed by atoms with Crippen LogP contribution in [-0.4, -0.2) is 60.1 Å². The summed E-state index contributed by atoms with van der Waals surface area (Å²) >= 11 is 0. The van der Waals surface area contributed by atoms with Gasteiger partial charge in [-0.1, -0.05) is 6.92 Å². The van der Waals surface area contributed by atoms with Crippen molar-refractivity contribution < 1.29 is 0 Å². The molecule has 3 heterocycles. The van der Waals surface area contributed by atoms with Crippen molar-refractivity contribution in [1.82, 2.24) is 15.1 Å². The topological polar surface area (TPSA) is 18.5 Å². The van der Waals surface area contributed by atoms with Crippen LogP contribution in [0.3, 0.4) is 0 Å². The zero-order valence-electron chi connectivity index (χ0n) is 13.6. The summed E-state index contributed by atoms with van der Waals surface area (Å²) in [6, 6.07) is 4.09. The van der Waals surface area contributed by atoms with E-state index in [0.717, 1.165) is 30.2 Å². The van der Waals surface area contributed by atoms with Gasteiger partial charge in [-0.05, 0) is 72.0 Å². The summed E-state index contributed by atoms with van der Waals surface area (Å²) in [6.45, 7) is 7.35. The normalized spacial score (nSPS) is 42.3. The van der Waals surface area contributed by atoms with E-state index >= 15 is 0 Å². The number of nitrogens with zero attached hydrogens (tertiary/aromatic N) is 2. The van der Waals surface area contributed by atoms with Crippen LogP contribution in [0.5, 0.6) is 0 Å². The Morgan fingerprint density at radius 2 is 1.75 bits per heavy atom. The fourth-order valence-corrected chi connectivity index (χ4v) is 4.79. The third kappa shape index (κ3) is 3.05. The number of likely N-dealkylation sites (tertiary alicyclic amines) is 1. The molecule has 4 unspecified atom stereocenters. The molecule has 116 valence electrons. The molecule has 0 aromatic rings. The lowest BCUT2D eigenvalue weighted by Gasteiger charge is -2.46. The molecule has 0 saturated carbocycles. The van der Waals surface area contributed by atoms with Gasteiger partial charge in [0.2, 0.25) is 0 Å². The van der Waals surface area contributed by atoms with Crippen LogP contribution in [-0.2, 0) is 0 Å². The highest BCUT2D eigenvalue weighted by atomic mass is 15.2. The van der Waals surface area contributed by atoms with Gasteiger partial charge in [0.1, 0.15) is 0 Å². The summed E-state index contributed by atoms with van der Waals surface area (Å²) in [5, 5.41) is 3.80. The molecule has 0 radical (unpaired) electrons. The van der Waals surface area contributed by atoms with E-state index in [4.69, 9.17) is 0 Å². The molecule has 1 N–H and O–H groups in total. The van der Waals surface area contributed by atoms with Crippen LogP contribution in [0.15, 0.2) is 0 Å². The summed E-state index contributed by atoms with van der Waals surface area (Å²) < 4.78 is 0. The lowest BCUT2D eigenvalue weighted by atomic mass is 9.91. The maximum absolute atomic E-state index is 3.80. The van der Waals surface area contributed by atoms with Crippen molar-refractivity contribution in [2.24, 2.45) is 0 Å². The fraction of sp³-hybridized carbons (Fsp3) is 1.00. The van der Waals surface area contributed by atoms with Crippen molar-refractivity contribution in [3.63, 3.8) is 0 Å². The molecule has 20 heavy (non-hydrogen) atoms. The van der Waals surface area contributed by atoms with Gasteiger partial charge in [-0.2, -0.15) is 0 Å². The van der Waals surface area contributed by atoms with Crippen molar-refractivity contribution in [2.45, 2.75) is 89.0 Å². The number of piperidine rings is 2. The molecule has 3 heteroatoms. The maximum atomic E-state index is 3.80. The standard InChI is InChI=1S/C17H33N3/c1-4-8-20(16-7-9-19(3)13(2)10-16)17-11-14-5-6-15(12-17)18-14/h13-18H,4-12H2,1-3H3. The van der Waals surface area contributed by atoms with E-state index in [0.29, 0.717) is 0 Å². The Hall–Kier alpha value is -0.120. The summed E-state index contributed by atoms with van der Waals surface area (Å²) in [6.07, 6.45) is 9.69. The minimum atomic E-state index is 0.756. The summed E-state index contributed by atoms with van der Waals surface area (Å²) in [4.78, 5) is 5.45. The Morgan fingerprint density at radius 3 is 2.35 bits per heavy atom. The SMILES string of the molecule is CCCN(C1CC2CCC(C1)N2)C1CCN(C)C(C)C1. The molecular weight excluding hydrogens is 246 g/mol. The number of hydrogen-bond acceptors (Lipinski definition) is 3. The Balaban J connectivity index is 1.65. The van der Waals surface area contributed by atoms with Crippen molar-refractivity contribution >= 4 is 0 Å². The third-order valence-electron chi connectivity index (χ3n) is 6.05. The van der Waals surface area contributed by atoms with E-state index in [1.165, 1.54) is 58.0 Å². The molecule has 3 saturated heterocycles. The smallest absolute Gasteiger partial charge is 0.0128 e. The van der Waals surface area contributed by atoms with Gasteiger partial charge in [-0.15, -0.1) is 0 Å². The van der Waals surface area contributed by atoms with Crippen LogP contribution < -0.4 is 5.32 Å². The van der Waals surface area contributed by atoms with Gasteiger partial charge in [0.05, 0.1) is 0 Å². The molecule has 3 rings (SSSR count). The molecule has 2 bridgehead atoms. The Bertz CT molecular complexity index is 307. The molecule has 0 aliphatic carbocycles. The minimum Gasteiger partial charge on any atom is -0.311 e. The van der Waals surface area contributed by atoms with Crippen molar-refractivity contribution in [3.8, 4) is 0 Å². The molecule has 3 aliphatic rings. The molecule has 3 aliphatic heterocycles. The zero-order chi connectivity index (χ0) is 14.1. The first-order chi connectivity index (χ1) is 9.67. The molecule has 0 amide bonds. The van der Waals surface area contributed by atoms with Gasteiger partial charge < -0.3 is 10.2 Å². The molecule has 3 fully saturated rings. The lowest BCUT2D eigenvalue weighted by Crippen LogP contribution is -2.55. The van der Waals surface area contributed by atoms with Gasteiger partial charge in [0.25, 0.3) is 0 Å². The predicted molar refractivity (Wildman–Crippen MR) is 85.1 cm³/mol. The summed E-state index contributed by atoms with van der Waals surface area (Å²) in [7, 11) is 2.29. The van der Waals surface area contributed by atoms with Gasteiger partial charge in [-0.3, -0.25) is 4.90 Å². The van der Waals surface area contributed by atoms with Crippen LogP contribution in [0, 0.1) is 0 Å². The minimum absolute atomic E-state index is 0.756. The van der Waals surface area contributed by atoms with Gasteiger partial charge in [0, 0.05) is 30.2 Å². The van der Waals surface area contributed by atoms with Gasteiger partial charge in [0.15, 0.2) is 0 Å². The molecule has 0 spiro atoms. The van der Waals surface area contributed by atoms with E-state index in [1.807, 2.05) is 0 Å². The molecule has 4 atom stereocenters. The Labute approximate surface area is 125 Å². The zero-order valence-corrected chi connectivity index (χ0v) is 13.6. The highest BCUT2D eigenvalue weighted by Crippen LogP contribution is 2.33. The quantitative estimate of drug-likeness (QED) is 0.853. The predicted octanol–water partition coefficient (Wildman–Crippen LogP) is 2.46. The second-order valence-corrected chi connectivity index (χ2v) is 7.51. The van der Waals surface area contributed by atoms with Crippen LogP contribution >= 0.6 is 0 Å². The van der Waals surface area contributed by atoms with E-state index in [1.54, 1.807) is 0 Å². The average molecular weight is 279 g/mol. The number of nitrogens with one attached hydrogen (secondary N) is 1. The largest absolute Gasteiger partial charge is 0.311 e. The fourth-order valence-electron chi connectivity index (χ4n) is 4.79. The highest BCUT2D eigenvalue weighted by molar-refractivity contribution is 4.97. The first-order valence-electron chi connectivity index (χ1n) is 8.89. The third-order valence-corrected chi connectivity index (χ3v) is 6.05. The molecule has 0 aromatic carbocycles. The molecule has 0 aromatic heterocycles. The Morgan fingerprint density at radius 1 is 1.05 bits per heavy atom. The first-order valence-corrected chi connectivity index (χ1v) is 8.89. The molecule has 3 nitrogen and oxygen atoms in total. The van der Waals surface area contributed by atoms with E-state index in [2.05, 4.69) is 36.0 Å². The number of rotatable bonds is 4. The number of hydrogen-bond donors (Lipinski definition) is 1. The summed E-state index contributed by atoms with van der Waals surface area (Å²) in [5.41, 5.74) is 0. The second kappa shape index (κ2) is 6.33. The van der Waals surface area contributed by atoms with Crippen molar-refractivity contribution in [3.05, 3.63) is 0 Å². The van der Waals surface area contributed by atoms with E-state index < -0.39 is 0 Å². The van der Waals surface area contributed by atoms with E-state index in [-0.39, 0.29) is 0 Å². The van der Waals surface area contributed by atoms with Gasteiger partial charge in [-0.25, -0.2) is 0 Å².